The summed E-state index contributed by atoms with van der Waals surface area (Å²) in [6.07, 6.45) is 1.41. The zero-order valence-corrected chi connectivity index (χ0v) is 20.5. The van der Waals surface area contributed by atoms with E-state index in [1.165, 1.54) is 11.1 Å². The molecule has 6 rings (SSSR count). The third-order valence-electron chi connectivity index (χ3n) is 6.97. The number of fused-ring (bicyclic) bond motifs is 3. The standard InChI is InChI=1S/C30H28N4O2/c1-19-16-23(12-13-24(19)22-8-4-3-5-9-22)33-27(35)17-21-14-15-34(18-21)30-29-28(31-20(2)32-30)25-10-6-7-11-26(25)36-29/h3-13,16,21H,14-15,17-18H2,1-2H3,(H,33,35)/t21-/m1/s1. The average Bonchev–Trinajstić information content (AvgIpc) is 3.49. The van der Waals surface area contributed by atoms with Crippen molar-refractivity contribution in [1.29, 1.82) is 0 Å². The van der Waals surface area contributed by atoms with Gasteiger partial charge in [-0.15, -0.1) is 0 Å². The van der Waals surface area contributed by atoms with E-state index < -0.39 is 0 Å². The van der Waals surface area contributed by atoms with Crippen molar-refractivity contribution >= 4 is 39.5 Å². The van der Waals surface area contributed by atoms with Gasteiger partial charge in [0.1, 0.15) is 16.9 Å². The lowest BCUT2D eigenvalue weighted by Gasteiger charge is -2.18. The highest BCUT2D eigenvalue weighted by atomic mass is 16.3. The number of nitrogens with zero attached hydrogens (tertiary/aromatic N) is 3. The molecule has 3 aromatic carbocycles. The van der Waals surface area contributed by atoms with Crippen LogP contribution in [0, 0.1) is 19.8 Å². The molecule has 1 N–H and O–H groups in total. The second kappa shape index (κ2) is 9.11. The number of carbonyl (C=O) groups is 1. The average molecular weight is 477 g/mol. The van der Waals surface area contributed by atoms with Crippen molar-refractivity contribution in [3.8, 4) is 11.1 Å². The van der Waals surface area contributed by atoms with Gasteiger partial charge in [0, 0.05) is 30.6 Å². The fraction of sp³-hybridized carbons (Fsp3) is 0.233. The molecule has 2 aromatic heterocycles. The maximum absolute atomic E-state index is 12.9. The highest BCUT2D eigenvalue weighted by Gasteiger charge is 2.28. The van der Waals surface area contributed by atoms with Crippen molar-refractivity contribution in [2.45, 2.75) is 26.7 Å². The molecule has 0 aliphatic carbocycles. The number of aryl methyl sites for hydroxylation is 2. The number of hydrogen-bond donors (Lipinski definition) is 1. The van der Waals surface area contributed by atoms with Gasteiger partial charge in [0.15, 0.2) is 11.4 Å². The summed E-state index contributed by atoms with van der Waals surface area (Å²) in [6, 6.07) is 24.4. The van der Waals surface area contributed by atoms with Gasteiger partial charge in [0.05, 0.1) is 0 Å². The molecule has 180 valence electrons. The van der Waals surface area contributed by atoms with Crippen molar-refractivity contribution in [2.75, 3.05) is 23.3 Å². The molecule has 0 bridgehead atoms. The molecular weight excluding hydrogens is 448 g/mol. The van der Waals surface area contributed by atoms with Crippen LogP contribution in [0.25, 0.3) is 33.2 Å². The number of furan rings is 1. The van der Waals surface area contributed by atoms with Crippen molar-refractivity contribution in [3.63, 3.8) is 0 Å². The van der Waals surface area contributed by atoms with Crippen LogP contribution in [0.15, 0.2) is 77.2 Å². The van der Waals surface area contributed by atoms with Crippen LogP contribution in [-0.2, 0) is 4.79 Å². The molecule has 5 aromatic rings. The van der Waals surface area contributed by atoms with Crippen LogP contribution in [0.5, 0.6) is 0 Å². The molecule has 36 heavy (non-hydrogen) atoms. The van der Waals surface area contributed by atoms with Crippen LogP contribution >= 0.6 is 0 Å². The first-order valence-corrected chi connectivity index (χ1v) is 12.4. The maximum atomic E-state index is 12.9. The largest absolute Gasteiger partial charge is 0.450 e. The second-order valence-electron chi connectivity index (χ2n) is 9.62. The number of carbonyl (C=O) groups excluding carboxylic acids is 1. The Balaban J connectivity index is 1.15. The monoisotopic (exact) mass is 476 g/mol. The van der Waals surface area contributed by atoms with Gasteiger partial charge < -0.3 is 14.6 Å². The number of para-hydroxylation sites is 1. The number of nitrogens with one attached hydrogen (secondary N) is 1. The van der Waals surface area contributed by atoms with Crippen LogP contribution in [0.4, 0.5) is 11.5 Å². The van der Waals surface area contributed by atoms with Gasteiger partial charge in [-0.1, -0.05) is 48.5 Å². The molecule has 1 saturated heterocycles. The zero-order chi connectivity index (χ0) is 24.6. The summed E-state index contributed by atoms with van der Waals surface area (Å²) in [5, 5.41) is 4.10. The first-order chi connectivity index (χ1) is 17.5. The van der Waals surface area contributed by atoms with Crippen LogP contribution in [0.1, 0.15) is 24.2 Å². The summed E-state index contributed by atoms with van der Waals surface area (Å²) in [4.78, 5) is 24.5. The topological polar surface area (TPSA) is 71.3 Å². The quantitative estimate of drug-likeness (QED) is 0.313. The normalized spacial score (nSPS) is 15.6. The van der Waals surface area contributed by atoms with Crippen molar-refractivity contribution < 1.29 is 9.21 Å². The minimum atomic E-state index is 0.0430. The number of aromatic nitrogens is 2. The van der Waals surface area contributed by atoms with Gasteiger partial charge in [-0.25, -0.2) is 9.97 Å². The highest BCUT2D eigenvalue weighted by molar-refractivity contribution is 6.05. The number of benzene rings is 3. The minimum absolute atomic E-state index is 0.0430. The van der Waals surface area contributed by atoms with Crippen molar-refractivity contribution in [2.24, 2.45) is 5.92 Å². The Labute approximate surface area is 210 Å². The van der Waals surface area contributed by atoms with Gasteiger partial charge in [-0.2, -0.15) is 0 Å². The van der Waals surface area contributed by atoms with Crippen LogP contribution in [-0.4, -0.2) is 29.0 Å². The minimum Gasteiger partial charge on any atom is -0.450 e. The molecule has 0 spiro atoms. The SMILES string of the molecule is Cc1nc(N2CC[C@H](CC(=O)Nc3ccc(-c4ccccc4)c(C)c3)C2)c2oc3ccccc3c2n1. The Bertz CT molecular complexity index is 1570. The Morgan fingerprint density at radius 3 is 2.67 bits per heavy atom. The van der Waals surface area contributed by atoms with Gasteiger partial charge >= 0.3 is 0 Å². The van der Waals surface area contributed by atoms with Crippen LogP contribution in [0.2, 0.25) is 0 Å². The predicted molar refractivity (Wildman–Crippen MR) is 144 cm³/mol. The molecule has 0 radical (unpaired) electrons. The number of hydrogen-bond acceptors (Lipinski definition) is 5. The molecule has 1 aliphatic rings. The van der Waals surface area contributed by atoms with E-state index in [0.29, 0.717) is 6.42 Å². The van der Waals surface area contributed by atoms with E-state index in [4.69, 9.17) is 9.40 Å². The van der Waals surface area contributed by atoms with Gasteiger partial charge in [0.25, 0.3) is 0 Å². The third kappa shape index (κ3) is 4.19. The molecule has 1 amide bonds. The van der Waals surface area contributed by atoms with E-state index in [2.05, 4.69) is 40.3 Å². The van der Waals surface area contributed by atoms with Crippen LogP contribution < -0.4 is 10.2 Å². The molecule has 6 heteroatoms. The number of anilines is 2. The Hall–Kier alpha value is -4.19. The summed E-state index contributed by atoms with van der Waals surface area (Å²) in [5.74, 6) is 1.84. The van der Waals surface area contributed by atoms with Gasteiger partial charge in [-0.3, -0.25) is 4.79 Å². The van der Waals surface area contributed by atoms with E-state index in [1.54, 1.807) is 0 Å². The Kier molecular flexibility index (Phi) is 5.64. The van der Waals surface area contributed by atoms with E-state index >= 15 is 0 Å². The summed E-state index contributed by atoms with van der Waals surface area (Å²) in [6.45, 7) is 5.60. The predicted octanol–water partition coefficient (Wildman–Crippen LogP) is 6.51. The van der Waals surface area contributed by atoms with Gasteiger partial charge in [-0.05, 0) is 67.1 Å². The van der Waals surface area contributed by atoms with Crippen molar-refractivity contribution in [1.82, 2.24) is 9.97 Å². The lowest BCUT2D eigenvalue weighted by molar-refractivity contribution is -0.116. The molecule has 1 atom stereocenters. The molecule has 0 saturated carbocycles. The second-order valence-corrected chi connectivity index (χ2v) is 9.62. The summed E-state index contributed by atoms with van der Waals surface area (Å²) in [5.41, 5.74) is 6.72. The lowest BCUT2D eigenvalue weighted by atomic mass is 10.00. The third-order valence-corrected chi connectivity index (χ3v) is 6.97. The van der Waals surface area contributed by atoms with E-state index in [1.807, 2.05) is 61.5 Å². The van der Waals surface area contributed by atoms with E-state index in [0.717, 1.165) is 64.5 Å². The summed E-state index contributed by atoms with van der Waals surface area (Å²) >= 11 is 0. The van der Waals surface area contributed by atoms with Gasteiger partial charge in [0.2, 0.25) is 5.91 Å². The fourth-order valence-electron chi connectivity index (χ4n) is 5.25. The Morgan fingerprint density at radius 1 is 1.03 bits per heavy atom. The summed E-state index contributed by atoms with van der Waals surface area (Å²) in [7, 11) is 0. The lowest BCUT2D eigenvalue weighted by Crippen LogP contribution is -2.23. The fourth-order valence-corrected chi connectivity index (χ4v) is 5.25. The zero-order valence-electron chi connectivity index (χ0n) is 20.5. The smallest absolute Gasteiger partial charge is 0.224 e. The molecule has 3 heterocycles. The Morgan fingerprint density at radius 2 is 1.83 bits per heavy atom. The van der Waals surface area contributed by atoms with Crippen molar-refractivity contribution in [3.05, 3.63) is 84.2 Å². The van der Waals surface area contributed by atoms with E-state index in [9.17, 15) is 4.79 Å². The molecule has 0 unspecified atom stereocenters. The molecule has 1 fully saturated rings. The molecule has 6 nitrogen and oxygen atoms in total. The highest BCUT2D eigenvalue weighted by Crippen LogP contribution is 2.35. The first kappa shape index (κ1) is 22.3. The first-order valence-electron chi connectivity index (χ1n) is 12.4. The molecule has 1 aliphatic heterocycles. The maximum Gasteiger partial charge on any atom is 0.224 e. The molecular formula is C30H28N4O2. The number of amides is 1. The van der Waals surface area contributed by atoms with Crippen LogP contribution in [0.3, 0.4) is 0 Å². The van der Waals surface area contributed by atoms with E-state index in [-0.39, 0.29) is 11.8 Å². The summed E-state index contributed by atoms with van der Waals surface area (Å²) < 4.78 is 6.15. The number of rotatable bonds is 5.